The van der Waals surface area contributed by atoms with Gasteiger partial charge in [0.2, 0.25) is 0 Å². The normalized spacial score (nSPS) is 16.8. The van der Waals surface area contributed by atoms with E-state index in [4.69, 9.17) is 9.84 Å². The lowest BCUT2D eigenvalue weighted by atomic mass is 10.0. The molecule has 0 aliphatic carbocycles. The largest absolute Gasteiger partial charge is 0.463 e. The predicted molar refractivity (Wildman–Crippen MR) is 74.4 cm³/mol. The van der Waals surface area contributed by atoms with E-state index in [1.54, 1.807) is 0 Å². The van der Waals surface area contributed by atoms with E-state index in [2.05, 4.69) is 6.92 Å². The SMILES string of the molecule is CCCCCCCC(=O)OC[C@@H](O)[C@@H](O)[C@@H](O)[C@@H](O)C=O. The van der Waals surface area contributed by atoms with Crippen LogP contribution >= 0.6 is 0 Å². The van der Waals surface area contributed by atoms with Crippen molar-refractivity contribution >= 4 is 12.3 Å². The summed E-state index contributed by atoms with van der Waals surface area (Å²) in [6, 6.07) is 0. The summed E-state index contributed by atoms with van der Waals surface area (Å²) in [5, 5.41) is 37.3. The molecule has 0 bridgehead atoms. The fraction of sp³-hybridized carbons (Fsp3) is 0.857. The first-order valence-electron chi connectivity index (χ1n) is 7.27. The highest BCUT2D eigenvalue weighted by Gasteiger charge is 2.30. The van der Waals surface area contributed by atoms with Crippen LogP contribution in [0.1, 0.15) is 45.4 Å². The Bertz CT molecular complexity index is 295. The Hall–Kier alpha value is -1.02. The molecular formula is C14H26O7. The molecule has 0 heterocycles. The molecule has 0 aromatic carbocycles. The zero-order chi connectivity index (χ0) is 16.3. The number of carbonyl (C=O) groups is 2. The van der Waals surface area contributed by atoms with Gasteiger partial charge in [-0.3, -0.25) is 4.79 Å². The van der Waals surface area contributed by atoms with Gasteiger partial charge in [-0.1, -0.05) is 32.6 Å². The van der Waals surface area contributed by atoms with Crippen LogP contribution < -0.4 is 0 Å². The van der Waals surface area contributed by atoms with E-state index in [1.165, 1.54) is 0 Å². The monoisotopic (exact) mass is 306 g/mol. The predicted octanol–water partition coefficient (Wildman–Crippen LogP) is -0.467. The maximum absolute atomic E-state index is 11.4. The molecule has 4 atom stereocenters. The highest BCUT2D eigenvalue weighted by Crippen LogP contribution is 2.08. The van der Waals surface area contributed by atoms with Crippen molar-refractivity contribution in [3.8, 4) is 0 Å². The molecule has 0 aromatic rings. The Morgan fingerprint density at radius 2 is 1.67 bits per heavy atom. The summed E-state index contributed by atoms with van der Waals surface area (Å²) >= 11 is 0. The molecule has 0 rings (SSSR count). The molecule has 0 spiro atoms. The lowest BCUT2D eigenvalue weighted by Crippen LogP contribution is -2.46. The summed E-state index contributed by atoms with van der Waals surface area (Å²) < 4.78 is 4.77. The summed E-state index contributed by atoms with van der Waals surface area (Å²) in [5.41, 5.74) is 0. The van der Waals surface area contributed by atoms with E-state index in [0.29, 0.717) is 6.42 Å². The maximum Gasteiger partial charge on any atom is 0.305 e. The van der Waals surface area contributed by atoms with Gasteiger partial charge in [0, 0.05) is 6.42 Å². The number of aldehydes is 1. The Labute approximate surface area is 124 Å². The summed E-state index contributed by atoms with van der Waals surface area (Å²) in [6.45, 7) is 1.59. The van der Waals surface area contributed by atoms with Crippen molar-refractivity contribution in [3.05, 3.63) is 0 Å². The third-order valence-electron chi connectivity index (χ3n) is 3.13. The van der Waals surface area contributed by atoms with E-state index in [-0.39, 0.29) is 12.7 Å². The second-order valence-electron chi connectivity index (χ2n) is 5.02. The van der Waals surface area contributed by atoms with Crippen molar-refractivity contribution < 1.29 is 34.8 Å². The van der Waals surface area contributed by atoms with Crippen molar-refractivity contribution in [1.29, 1.82) is 0 Å². The van der Waals surface area contributed by atoms with E-state index in [1.807, 2.05) is 0 Å². The number of aliphatic hydroxyl groups is 4. The molecule has 21 heavy (non-hydrogen) atoms. The van der Waals surface area contributed by atoms with Crippen LogP contribution in [0.25, 0.3) is 0 Å². The van der Waals surface area contributed by atoms with Gasteiger partial charge in [-0.05, 0) is 6.42 Å². The quantitative estimate of drug-likeness (QED) is 0.218. The highest BCUT2D eigenvalue weighted by molar-refractivity contribution is 5.69. The Morgan fingerprint density at radius 3 is 2.24 bits per heavy atom. The third-order valence-corrected chi connectivity index (χ3v) is 3.13. The molecule has 0 fully saturated rings. The summed E-state index contributed by atoms with van der Waals surface area (Å²) in [7, 11) is 0. The zero-order valence-corrected chi connectivity index (χ0v) is 12.4. The number of aliphatic hydroxyl groups excluding tert-OH is 4. The van der Waals surface area contributed by atoms with Crippen molar-refractivity contribution in [2.75, 3.05) is 6.61 Å². The van der Waals surface area contributed by atoms with Crippen LogP contribution in [0.4, 0.5) is 0 Å². The standard InChI is InChI=1S/C14H26O7/c1-2-3-4-5-6-7-12(18)21-9-11(17)14(20)13(19)10(16)8-15/h8,10-11,13-14,16-17,19-20H,2-7,9H2,1H3/t10-,11+,13-,14+/m0/s1. The molecule has 4 N–H and O–H groups in total. The van der Waals surface area contributed by atoms with Gasteiger partial charge < -0.3 is 30.0 Å². The Balaban J connectivity index is 3.87. The van der Waals surface area contributed by atoms with Gasteiger partial charge in [-0.25, -0.2) is 0 Å². The third kappa shape index (κ3) is 8.77. The van der Waals surface area contributed by atoms with Crippen molar-refractivity contribution in [2.45, 2.75) is 69.9 Å². The molecule has 0 amide bonds. The first-order chi connectivity index (χ1) is 9.93. The minimum absolute atomic E-state index is 0.0446. The van der Waals surface area contributed by atoms with E-state index >= 15 is 0 Å². The molecule has 0 aromatic heterocycles. The number of esters is 1. The molecule has 0 aliphatic heterocycles. The Morgan fingerprint density at radius 1 is 1.05 bits per heavy atom. The van der Waals surface area contributed by atoms with E-state index < -0.39 is 37.0 Å². The van der Waals surface area contributed by atoms with Crippen molar-refractivity contribution in [1.82, 2.24) is 0 Å². The number of carbonyl (C=O) groups excluding carboxylic acids is 2. The fourth-order valence-electron chi connectivity index (χ4n) is 1.73. The van der Waals surface area contributed by atoms with Crippen molar-refractivity contribution in [2.24, 2.45) is 0 Å². The summed E-state index contributed by atoms with van der Waals surface area (Å²) in [6.07, 6.45) is -1.78. The van der Waals surface area contributed by atoms with Crippen LogP contribution in [0.15, 0.2) is 0 Å². The van der Waals surface area contributed by atoms with Crippen LogP contribution in [0.5, 0.6) is 0 Å². The van der Waals surface area contributed by atoms with Crippen molar-refractivity contribution in [3.63, 3.8) is 0 Å². The van der Waals surface area contributed by atoms with E-state index in [9.17, 15) is 24.9 Å². The lowest BCUT2D eigenvalue weighted by molar-refractivity contribution is -0.156. The minimum atomic E-state index is -1.83. The summed E-state index contributed by atoms with van der Waals surface area (Å²) in [4.78, 5) is 21.6. The molecule has 0 saturated heterocycles. The molecule has 7 nitrogen and oxygen atoms in total. The van der Waals surface area contributed by atoms with Gasteiger partial charge in [0.15, 0.2) is 6.29 Å². The molecule has 0 aliphatic rings. The molecule has 0 unspecified atom stereocenters. The van der Waals surface area contributed by atoms with Gasteiger partial charge in [0.05, 0.1) is 0 Å². The van der Waals surface area contributed by atoms with Crippen LogP contribution in [0, 0.1) is 0 Å². The average Bonchev–Trinajstić information content (AvgIpc) is 2.49. The van der Waals surface area contributed by atoms with Gasteiger partial charge in [0.1, 0.15) is 31.0 Å². The van der Waals surface area contributed by atoms with Crippen LogP contribution in [0.2, 0.25) is 0 Å². The number of unbranched alkanes of at least 4 members (excludes halogenated alkanes) is 4. The zero-order valence-electron chi connectivity index (χ0n) is 12.4. The highest BCUT2D eigenvalue weighted by atomic mass is 16.5. The molecule has 0 saturated carbocycles. The molecule has 124 valence electrons. The van der Waals surface area contributed by atoms with Crippen LogP contribution in [0.3, 0.4) is 0 Å². The fourth-order valence-corrected chi connectivity index (χ4v) is 1.73. The smallest absolute Gasteiger partial charge is 0.305 e. The maximum atomic E-state index is 11.4. The number of rotatable bonds is 12. The van der Waals surface area contributed by atoms with Crippen LogP contribution in [-0.2, 0) is 14.3 Å². The minimum Gasteiger partial charge on any atom is -0.463 e. The average molecular weight is 306 g/mol. The first-order valence-corrected chi connectivity index (χ1v) is 7.27. The number of hydrogen-bond acceptors (Lipinski definition) is 7. The van der Waals surface area contributed by atoms with E-state index in [0.717, 1.165) is 25.7 Å². The summed E-state index contributed by atoms with van der Waals surface area (Å²) in [5.74, 6) is -0.497. The first kappa shape index (κ1) is 20.0. The van der Waals surface area contributed by atoms with Gasteiger partial charge >= 0.3 is 5.97 Å². The lowest BCUT2D eigenvalue weighted by Gasteiger charge is -2.23. The molecule has 0 radical (unpaired) electrons. The topological polar surface area (TPSA) is 124 Å². The number of hydrogen-bond donors (Lipinski definition) is 4. The van der Waals surface area contributed by atoms with Crippen LogP contribution in [-0.4, -0.2) is 63.7 Å². The van der Waals surface area contributed by atoms with Gasteiger partial charge in [-0.15, -0.1) is 0 Å². The number of ether oxygens (including phenoxy) is 1. The molecular weight excluding hydrogens is 280 g/mol. The van der Waals surface area contributed by atoms with Gasteiger partial charge in [-0.2, -0.15) is 0 Å². The second-order valence-corrected chi connectivity index (χ2v) is 5.02. The Kier molecular flexibility index (Phi) is 11.1. The second kappa shape index (κ2) is 11.6. The van der Waals surface area contributed by atoms with Gasteiger partial charge in [0.25, 0.3) is 0 Å². The molecule has 7 heteroatoms.